The van der Waals surface area contributed by atoms with Gasteiger partial charge in [0.15, 0.2) is 32.0 Å². The number of thiazole rings is 2. The number of aromatic nitrogens is 2. The van der Waals surface area contributed by atoms with E-state index in [0.717, 1.165) is 57.2 Å². The quantitative estimate of drug-likeness (QED) is 0.0207. The van der Waals surface area contributed by atoms with Gasteiger partial charge in [0, 0.05) is 40.4 Å². The molecule has 0 radical (unpaired) electrons. The Morgan fingerprint density at radius 3 is 1.60 bits per heavy atom. The topological polar surface area (TPSA) is 265 Å². The average Bonchev–Trinajstić information content (AvgIpc) is 4.18. The second-order valence-electron chi connectivity index (χ2n) is 18.9. The van der Waals surface area contributed by atoms with E-state index in [1.165, 1.54) is 22.7 Å². The number of anilines is 2. The van der Waals surface area contributed by atoms with Crippen molar-refractivity contribution in [3.63, 3.8) is 0 Å². The lowest BCUT2D eigenvalue weighted by molar-refractivity contribution is -0.120. The van der Waals surface area contributed by atoms with Crippen molar-refractivity contribution in [1.82, 2.24) is 20.1 Å². The highest BCUT2D eigenvalue weighted by Crippen LogP contribution is 2.47. The summed E-state index contributed by atoms with van der Waals surface area (Å²) in [5.74, 6) is 2.29. The number of aliphatic hydroxyl groups is 2. The number of nitrogens with zero attached hydrogens (tertiary/aromatic N) is 2. The molecule has 73 heavy (non-hydrogen) atoms. The SMILES string of the molecule is CC(C)Cc1sc(N)nc1-c1ccc(OP(=O)(NCc2ccccc2)OCCSC(=O)C(C)(C)CO)o1.CC(C)Cc1sc(N)nc1-c1ccc(P(=O)(NCc2ccccc2)OCCSC(=O)C(C)(C)CO)o1. The van der Waals surface area contributed by atoms with Crippen molar-refractivity contribution in [2.24, 2.45) is 22.7 Å². The van der Waals surface area contributed by atoms with Crippen molar-refractivity contribution in [2.45, 2.75) is 81.3 Å². The molecule has 0 spiro atoms. The molecule has 6 aromatic rings. The molecule has 0 saturated carbocycles. The van der Waals surface area contributed by atoms with E-state index in [0.29, 0.717) is 51.6 Å². The van der Waals surface area contributed by atoms with Crippen LogP contribution in [0.2, 0.25) is 0 Å². The second-order valence-corrected chi connectivity index (χ2v) is 27.1. The number of benzene rings is 2. The predicted molar refractivity (Wildman–Crippen MR) is 296 cm³/mol. The Morgan fingerprint density at radius 2 is 1.12 bits per heavy atom. The molecule has 0 saturated heterocycles. The molecule has 23 heteroatoms. The van der Waals surface area contributed by atoms with Crippen LogP contribution in [0.5, 0.6) is 5.95 Å². The van der Waals surface area contributed by atoms with Crippen LogP contribution in [0, 0.1) is 22.7 Å². The van der Waals surface area contributed by atoms with Crippen LogP contribution in [-0.4, -0.2) is 68.3 Å². The number of nitrogens with two attached hydrogens (primary N) is 2. The van der Waals surface area contributed by atoms with E-state index in [1.54, 1.807) is 52.0 Å². The molecule has 8 N–H and O–H groups in total. The molecule has 0 aliphatic heterocycles. The number of nitrogen functional groups attached to an aromatic ring is 2. The number of hydrogen-bond acceptors (Lipinski definition) is 19. The van der Waals surface area contributed by atoms with E-state index < -0.39 is 26.1 Å². The summed E-state index contributed by atoms with van der Waals surface area (Å²) in [7, 11) is -7.51. The van der Waals surface area contributed by atoms with Crippen molar-refractivity contribution in [3.05, 3.63) is 106 Å². The molecule has 4 aromatic heterocycles. The van der Waals surface area contributed by atoms with E-state index in [4.69, 9.17) is 33.9 Å². The maximum atomic E-state index is 14.0. The summed E-state index contributed by atoms with van der Waals surface area (Å²) in [5, 5.41) is 25.2. The highest BCUT2D eigenvalue weighted by molar-refractivity contribution is 8.14. The van der Waals surface area contributed by atoms with Gasteiger partial charge in [0.2, 0.25) is 5.50 Å². The molecule has 2 atom stereocenters. The number of rotatable bonds is 27. The Balaban J connectivity index is 0.000000271. The number of nitrogens with one attached hydrogen (secondary N) is 2. The fourth-order valence-electron chi connectivity index (χ4n) is 6.35. The highest BCUT2D eigenvalue weighted by atomic mass is 32.2. The molecular formula is C50H68N6O11P2S4. The summed E-state index contributed by atoms with van der Waals surface area (Å²) in [5.41, 5.74) is 13.5. The summed E-state index contributed by atoms with van der Waals surface area (Å²) in [6.45, 7) is 15.2. The number of carbonyl (C=O) groups is 2. The number of furan rings is 2. The van der Waals surface area contributed by atoms with E-state index in [-0.39, 0.29) is 66.2 Å². The van der Waals surface area contributed by atoms with Crippen LogP contribution in [0.15, 0.2) is 93.8 Å². The summed E-state index contributed by atoms with van der Waals surface area (Å²) in [6.07, 6.45) is 1.60. The van der Waals surface area contributed by atoms with Crippen LogP contribution < -0.4 is 31.7 Å². The summed E-state index contributed by atoms with van der Waals surface area (Å²) in [6, 6.07) is 25.6. The van der Waals surface area contributed by atoms with E-state index in [9.17, 15) is 28.9 Å². The van der Waals surface area contributed by atoms with Crippen LogP contribution in [0.3, 0.4) is 0 Å². The fourth-order valence-corrected chi connectivity index (χ4v) is 13.2. The third kappa shape index (κ3) is 18.3. The smallest absolute Gasteiger partial charge is 0.448 e. The molecule has 0 fully saturated rings. The van der Waals surface area contributed by atoms with Crippen LogP contribution >= 0.6 is 61.5 Å². The largest absolute Gasteiger partial charge is 0.461 e. The normalized spacial score (nSPS) is 13.6. The summed E-state index contributed by atoms with van der Waals surface area (Å²) in [4.78, 5) is 35.4. The number of carbonyl (C=O) groups excluding carboxylic acids is 2. The van der Waals surface area contributed by atoms with Gasteiger partial charge in [-0.1, -0.05) is 112 Å². The van der Waals surface area contributed by atoms with Gasteiger partial charge < -0.3 is 39.6 Å². The number of aliphatic hydroxyl groups excluding tert-OH is 2. The van der Waals surface area contributed by atoms with Gasteiger partial charge in [-0.05, 0) is 81.7 Å². The van der Waals surface area contributed by atoms with Crippen LogP contribution in [0.1, 0.15) is 76.3 Å². The maximum absolute atomic E-state index is 14.0. The lowest BCUT2D eigenvalue weighted by Gasteiger charge is -2.20. The first-order valence-corrected chi connectivity index (χ1v) is 30.4. The first-order chi connectivity index (χ1) is 34.5. The molecule has 6 rings (SSSR count). The molecule has 0 bridgehead atoms. The maximum Gasteiger partial charge on any atom is 0.461 e. The molecule has 398 valence electrons. The van der Waals surface area contributed by atoms with E-state index >= 15 is 0 Å². The first kappa shape index (κ1) is 59.8. The lowest BCUT2D eigenvalue weighted by atomic mass is 9.97. The summed E-state index contributed by atoms with van der Waals surface area (Å²) < 4.78 is 56.7. The van der Waals surface area contributed by atoms with Crippen molar-refractivity contribution in [1.29, 1.82) is 0 Å². The Labute approximate surface area is 444 Å². The van der Waals surface area contributed by atoms with Gasteiger partial charge in [-0.2, -0.15) is 0 Å². The minimum Gasteiger partial charge on any atom is -0.448 e. The van der Waals surface area contributed by atoms with E-state index in [1.807, 2.05) is 60.7 Å². The fraction of sp³-hybridized carbons (Fsp3) is 0.440. The molecule has 0 amide bonds. The Hall–Kier alpha value is -4.08. The van der Waals surface area contributed by atoms with Crippen molar-refractivity contribution < 1.29 is 51.3 Å². The zero-order valence-electron chi connectivity index (χ0n) is 42.5. The lowest BCUT2D eigenvalue weighted by Crippen LogP contribution is -2.26. The van der Waals surface area contributed by atoms with Gasteiger partial charge in [-0.25, -0.2) is 24.7 Å². The third-order valence-corrected chi connectivity index (χ3v) is 18.1. The van der Waals surface area contributed by atoms with Crippen molar-refractivity contribution >= 4 is 87.5 Å². The molecule has 0 aliphatic carbocycles. The van der Waals surface area contributed by atoms with Gasteiger partial charge >= 0.3 is 15.3 Å². The third-order valence-electron chi connectivity index (χ3n) is 10.5. The van der Waals surface area contributed by atoms with Crippen LogP contribution in [0.25, 0.3) is 22.9 Å². The van der Waals surface area contributed by atoms with Gasteiger partial charge in [-0.15, -0.1) is 22.7 Å². The molecule has 4 heterocycles. The minimum atomic E-state index is -3.88. The average molecular weight is 1120 g/mol. The zero-order valence-corrected chi connectivity index (χ0v) is 47.5. The Morgan fingerprint density at radius 1 is 0.671 bits per heavy atom. The predicted octanol–water partition coefficient (Wildman–Crippen LogP) is 10.8. The van der Waals surface area contributed by atoms with Gasteiger partial charge in [0.25, 0.3) is 5.95 Å². The van der Waals surface area contributed by atoms with Crippen LogP contribution in [-0.2, 0) is 53.7 Å². The van der Waals surface area contributed by atoms with Gasteiger partial charge in [-0.3, -0.25) is 18.7 Å². The van der Waals surface area contributed by atoms with E-state index in [2.05, 4.69) is 47.8 Å². The van der Waals surface area contributed by atoms with Crippen molar-refractivity contribution in [2.75, 3.05) is 49.4 Å². The number of thioether (sulfide) groups is 2. The monoisotopic (exact) mass is 1120 g/mol. The first-order valence-electron chi connectivity index (χ1n) is 23.6. The second kappa shape index (κ2) is 27.6. The minimum absolute atomic E-state index is 0.00565. The molecule has 2 aromatic carbocycles. The van der Waals surface area contributed by atoms with Crippen molar-refractivity contribution in [3.8, 4) is 28.9 Å². The van der Waals surface area contributed by atoms with Crippen LogP contribution in [0.4, 0.5) is 10.3 Å². The van der Waals surface area contributed by atoms with Gasteiger partial charge in [0.1, 0.15) is 11.4 Å². The molecular weight excluding hydrogens is 1050 g/mol. The summed E-state index contributed by atoms with van der Waals surface area (Å²) >= 11 is 4.89. The Kier molecular flexibility index (Phi) is 22.6. The molecule has 2 unspecified atom stereocenters. The Bertz CT molecular complexity index is 2780. The standard InChI is InChI=1S/C25H34N3O6PS2.C25H34N3O5PS2/c1-17(2)14-20-22(28-24(26)37-20)19-10-11-21(33-19)34-35(31,27-15-18-8-6-5-7-9-18)32-12-13-36-23(30)25(3,4)16-29;1-17(2)14-20-22(28-24(26)36-20)19-10-11-21(33-19)34(31,27-15-18-8-6-5-7-9-18)32-12-13-35-23(30)25(3,4)16-29/h5-11,17,29H,12-16H2,1-4H3,(H2,26,28)(H,27,31);5-11,17,29H,12-16H2,1-4H3,(H2,26,28)(H,27,31). The zero-order chi connectivity index (χ0) is 53.4. The number of hydrogen-bond donors (Lipinski definition) is 6. The molecule has 17 nitrogen and oxygen atoms in total. The highest BCUT2D eigenvalue weighted by Gasteiger charge is 2.33. The molecule has 0 aliphatic rings. The van der Waals surface area contributed by atoms with Gasteiger partial charge in [0.05, 0.1) is 37.3 Å².